The van der Waals surface area contributed by atoms with Crippen LogP contribution in [0.25, 0.3) is 5.70 Å². The Bertz CT molecular complexity index is 1050. The van der Waals surface area contributed by atoms with Gasteiger partial charge in [0.05, 0.1) is 11.7 Å². The second-order valence-corrected chi connectivity index (χ2v) is 7.39. The molecule has 8 heteroatoms. The summed E-state index contributed by atoms with van der Waals surface area (Å²) < 4.78 is 5.77. The zero-order chi connectivity index (χ0) is 23.1. The lowest BCUT2D eigenvalue weighted by Crippen LogP contribution is -2.42. The third-order valence-electron chi connectivity index (χ3n) is 5.12. The molecule has 32 heavy (non-hydrogen) atoms. The van der Waals surface area contributed by atoms with E-state index in [2.05, 4.69) is 11.6 Å². The van der Waals surface area contributed by atoms with Gasteiger partial charge < -0.3 is 26.8 Å². The van der Waals surface area contributed by atoms with Crippen molar-refractivity contribution in [2.24, 2.45) is 22.2 Å². The molecule has 1 aliphatic heterocycles. The van der Waals surface area contributed by atoms with Crippen molar-refractivity contribution in [2.75, 3.05) is 13.1 Å². The Hall–Kier alpha value is -4.07. The van der Waals surface area contributed by atoms with Crippen molar-refractivity contribution < 1.29 is 14.3 Å². The highest BCUT2D eigenvalue weighted by Crippen LogP contribution is 2.24. The van der Waals surface area contributed by atoms with Crippen molar-refractivity contribution in [3.63, 3.8) is 0 Å². The summed E-state index contributed by atoms with van der Waals surface area (Å²) in [5.41, 5.74) is 18.6. The first kappa shape index (κ1) is 22.6. The van der Waals surface area contributed by atoms with Crippen LogP contribution in [-0.4, -0.2) is 41.7 Å². The number of ether oxygens (including phenoxy) is 1. The topological polar surface area (TPSA) is 137 Å². The van der Waals surface area contributed by atoms with Crippen LogP contribution >= 0.6 is 0 Å². The average molecular weight is 434 g/mol. The summed E-state index contributed by atoms with van der Waals surface area (Å²) in [6, 6.07) is 16.0. The monoisotopic (exact) mass is 433 g/mol. The Labute approximate surface area is 187 Å². The Morgan fingerprint density at radius 3 is 2.31 bits per heavy atom. The number of benzene rings is 2. The summed E-state index contributed by atoms with van der Waals surface area (Å²) in [6.07, 6.45) is 2.78. The Balaban J connectivity index is 1.81. The number of carbonyl (C=O) groups is 2. The summed E-state index contributed by atoms with van der Waals surface area (Å²) in [5, 5.41) is 0. The minimum atomic E-state index is -0.775. The maximum absolute atomic E-state index is 12.1. The molecule has 166 valence electrons. The van der Waals surface area contributed by atoms with E-state index in [9.17, 15) is 9.59 Å². The first-order chi connectivity index (χ1) is 15.4. The lowest BCUT2D eigenvalue weighted by molar-refractivity contribution is -0.127. The molecule has 0 unspecified atom stereocenters. The normalized spacial score (nSPS) is 17.3. The molecule has 0 spiro atoms. The molecule has 1 saturated heterocycles. The predicted octanol–water partition coefficient (Wildman–Crippen LogP) is 2.17. The molecular formula is C24H27N5O3. The first-order valence-electron chi connectivity index (χ1n) is 10.3. The van der Waals surface area contributed by atoms with Crippen molar-refractivity contribution in [3.05, 3.63) is 78.4 Å². The van der Waals surface area contributed by atoms with E-state index in [1.54, 1.807) is 29.2 Å². The molecule has 8 nitrogen and oxygen atoms in total. The lowest BCUT2D eigenvalue weighted by Gasteiger charge is -2.30. The standard InChI is InChI=1S/C24H27N5O3/c1-2-20(30)29-14-6-7-17(15-29)28-23(26)21(24(27)31)22(25)16-10-12-19(13-11-16)32-18-8-4-3-5-9-18/h2-5,8-13,17H,1,6-7,14-15,25H2,(H2,26,28)(H2,27,31)/t17-/m1/s1. The van der Waals surface area contributed by atoms with Gasteiger partial charge in [-0.25, -0.2) is 0 Å². The average Bonchev–Trinajstić information content (AvgIpc) is 2.79. The Kier molecular flexibility index (Phi) is 7.28. The van der Waals surface area contributed by atoms with E-state index in [0.29, 0.717) is 30.2 Å². The highest BCUT2D eigenvalue weighted by molar-refractivity contribution is 6.24. The molecule has 0 aromatic heterocycles. The molecule has 0 bridgehead atoms. The molecule has 2 amide bonds. The van der Waals surface area contributed by atoms with Gasteiger partial charge in [0.15, 0.2) is 0 Å². The van der Waals surface area contributed by atoms with Gasteiger partial charge in [-0.3, -0.25) is 14.6 Å². The number of hydrogen-bond donors (Lipinski definition) is 3. The molecule has 0 radical (unpaired) electrons. The van der Waals surface area contributed by atoms with Gasteiger partial charge in [0.25, 0.3) is 5.91 Å². The van der Waals surface area contributed by atoms with E-state index in [-0.39, 0.29) is 29.1 Å². The number of rotatable bonds is 7. The molecule has 1 heterocycles. The van der Waals surface area contributed by atoms with Crippen molar-refractivity contribution in [2.45, 2.75) is 18.9 Å². The van der Waals surface area contributed by atoms with Crippen LogP contribution in [0.3, 0.4) is 0 Å². The molecule has 0 aliphatic carbocycles. The van der Waals surface area contributed by atoms with E-state index < -0.39 is 5.91 Å². The number of hydrogen-bond acceptors (Lipinski definition) is 5. The van der Waals surface area contributed by atoms with Gasteiger partial charge in [0.2, 0.25) is 5.91 Å². The number of nitrogens with zero attached hydrogens (tertiary/aromatic N) is 2. The van der Waals surface area contributed by atoms with Crippen LogP contribution < -0.4 is 21.9 Å². The third-order valence-corrected chi connectivity index (χ3v) is 5.12. The van der Waals surface area contributed by atoms with Gasteiger partial charge in [-0.15, -0.1) is 0 Å². The number of amides is 2. The van der Waals surface area contributed by atoms with Crippen molar-refractivity contribution in [3.8, 4) is 11.5 Å². The molecule has 1 atom stereocenters. The van der Waals surface area contributed by atoms with Crippen molar-refractivity contribution in [1.82, 2.24) is 4.90 Å². The summed E-state index contributed by atoms with van der Waals surface area (Å²) in [6.45, 7) is 4.54. The number of para-hydroxylation sites is 1. The third kappa shape index (κ3) is 5.54. The zero-order valence-electron chi connectivity index (χ0n) is 17.7. The van der Waals surface area contributed by atoms with Crippen LogP contribution in [0.1, 0.15) is 18.4 Å². The summed E-state index contributed by atoms with van der Waals surface area (Å²) in [5.74, 6) is 0.339. The van der Waals surface area contributed by atoms with Gasteiger partial charge in [-0.1, -0.05) is 24.8 Å². The van der Waals surface area contributed by atoms with Gasteiger partial charge in [-0.2, -0.15) is 0 Å². The smallest absolute Gasteiger partial charge is 0.254 e. The Morgan fingerprint density at radius 1 is 1.03 bits per heavy atom. The van der Waals surface area contributed by atoms with Crippen LogP contribution in [0.15, 0.2) is 77.8 Å². The SMILES string of the molecule is C=CC(=O)N1CCC[C@@H](N=C(N)C(C(N)=O)=C(N)c2ccc(Oc3ccccc3)cc2)C1. The molecule has 6 N–H and O–H groups in total. The maximum atomic E-state index is 12.1. The van der Waals surface area contributed by atoms with E-state index >= 15 is 0 Å². The first-order valence-corrected chi connectivity index (χ1v) is 10.3. The van der Waals surface area contributed by atoms with Crippen LogP contribution in [0.5, 0.6) is 11.5 Å². The minimum Gasteiger partial charge on any atom is -0.457 e. The fraction of sp³-hybridized carbons (Fsp3) is 0.208. The number of aliphatic imine (C=N–C) groups is 1. The number of carbonyl (C=O) groups excluding carboxylic acids is 2. The molecule has 3 rings (SSSR count). The number of piperidine rings is 1. The number of primary amides is 1. The van der Waals surface area contributed by atoms with Crippen LogP contribution in [-0.2, 0) is 9.59 Å². The van der Waals surface area contributed by atoms with Crippen molar-refractivity contribution in [1.29, 1.82) is 0 Å². The van der Waals surface area contributed by atoms with E-state index in [0.717, 1.165) is 12.8 Å². The highest BCUT2D eigenvalue weighted by atomic mass is 16.5. The van der Waals surface area contributed by atoms with Gasteiger partial charge in [0, 0.05) is 13.1 Å². The molecule has 1 aliphatic rings. The van der Waals surface area contributed by atoms with Gasteiger partial charge >= 0.3 is 0 Å². The second kappa shape index (κ2) is 10.3. The summed E-state index contributed by atoms with van der Waals surface area (Å²) in [4.78, 5) is 30.1. The predicted molar refractivity (Wildman–Crippen MR) is 125 cm³/mol. The summed E-state index contributed by atoms with van der Waals surface area (Å²) >= 11 is 0. The molecule has 1 fully saturated rings. The quantitative estimate of drug-likeness (QED) is 0.349. The van der Waals surface area contributed by atoms with E-state index in [1.807, 2.05) is 30.3 Å². The highest BCUT2D eigenvalue weighted by Gasteiger charge is 2.24. The largest absolute Gasteiger partial charge is 0.457 e. The van der Waals surface area contributed by atoms with E-state index in [1.165, 1.54) is 6.08 Å². The fourth-order valence-corrected chi connectivity index (χ4v) is 3.52. The van der Waals surface area contributed by atoms with Gasteiger partial charge in [-0.05, 0) is 60.9 Å². The molecule has 2 aromatic rings. The molecule has 2 aromatic carbocycles. The van der Waals surface area contributed by atoms with E-state index in [4.69, 9.17) is 21.9 Å². The Morgan fingerprint density at radius 2 is 1.69 bits per heavy atom. The number of likely N-dealkylation sites (tertiary alicyclic amines) is 1. The van der Waals surface area contributed by atoms with Gasteiger partial charge in [0.1, 0.15) is 22.9 Å². The maximum Gasteiger partial charge on any atom is 0.254 e. The summed E-state index contributed by atoms with van der Waals surface area (Å²) in [7, 11) is 0. The van der Waals surface area contributed by atoms with Crippen LogP contribution in [0, 0.1) is 0 Å². The minimum absolute atomic E-state index is 0.0440. The number of amidine groups is 1. The lowest BCUT2D eigenvalue weighted by atomic mass is 10.0. The second-order valence-electron chi connectivity index (χ2n) is 7.39. The van der Waals surface area contributed by atoms with Crippen LogP contribution in [0.4, 0.5) is 0 Å². The number of nitrogens with two attached hydrogens (primary N) is 3. The molecule has 0 saturated carbocycles. The fourth-order valence-electron chi connectivity index (χ4n) is 3.52. The van der Waals surface area contributed by atoms with Crippen molar-refractivity contribution >= 4 is 23.3 Å². The zero-order valence-corrected chi connectivity index (χ0v) is 17.7. The molecular weight excluding hydrogens is 406 g/mol. The van der Waals surface area contributed by atoms with Crippen LogP contribution in [0.2, 0.25) is 0 Å².